The lowest BCUT2D eigenvalue weighted by Crippen LogP contribution is -2.51. The van der Waals surface area contributed by atoms with E-state index in [2.05, 4.69) is 0 Å². The summed E-state index contributed by atoms with van der Waals surface area (Å²) in [6.45, 7) is 5.87. The Labute approximate surface area is 91.3 Å². The van der Waals surface area contributed by atoms with E-state index >= 15 is 0 Å². The van der Waals surface area contributed by atoms with Gasteiger partial charge in [-0.25, -0.2) is 8.42 Å². The molecule has 14 heavy (non-hydrogen) atoms. The second kappa shape index (κ2) is 4.02. The highest BCUT2D eigenvalue weighted by atomic mass is 32.2. The molecular formula is C9H19NO2S2. The van der Waals surface area contributed by atoms with Gasteiger partial charge in [-0.1, -0.05) is 0 Å². The van der Waals surface area contributed by atoms with Crippen LogP contribution in [0.4, 0.5) is 0 Å². The van der Waals surface area contributed by atoms with Gasteiger partial charge < -0.3 is 0 Å². The summed E-state index contributed by atoms with van der Waals surface area (Å²) in [5, 5.41) is 0. The number of nitrogens with zero attached hydrogens (tertiary/aromatic N) is 1. The highest BCUT2D eigenvalue weighted by molar-refractivity contribution is 7.99. The second-order valence-electron chi connectivity index (χ2n) is 4.75. The van der Waals surface area contributed by atoms with E-state index in [0.29, 0.717) is 0 Å². The fraction of sp³-hybridized carbons (Fsp3) is 1.00. The van der Waals surface area contributed by atoms with Crippen molar-refractivity contribution in [3.63, 3.8) is 0 Å². The molecule has 0 aromatic carbocycles. The van der Waals surface area contributed by atoms with Crippen LogP contribution in [-0.4, -0.2) is 42.1 Å². The molecule has 0 unspecified atom stereocenters. The SMILES string of the molecule is CC(C)(C)N([C@@H]1CCSC1)S(C)(=O)=O. The van der Waals surface area contributed by atoms with Gasteiger partial charge in [0.25, 0.3) is 0 Å². The molecule has 1 atom stereocenters. The molecule has 1 rings (SSSR count). The van der Waals surface area contributed by atoms with E-state index in [0.717, 1.165) is 17.9 Å². The predicted molar refractivity (Wildman–Crippen MR) is 62.2 cm³/mol. The van der Waals surface area contributed by atoms with Gasteiger partial charge in [0, 0.05) is 17.3 Å². The summed E-state index contributed by atoms with van der Waals surface area (Å²) in [7, 11) is -3.09. The molecule has 0 aliphatic carbocycles. The third-order valence-electron chi connectivity index (χ3n) is 2.26. The first-order valence-corrected chi connectivity index (χ1v) is 7.80. The molecule has 3 nitrogen and oxygen atoms in total. The number of thioether (sulfide) groups is 1. The monoisotopic (exact) mass is 237 g/mol. The Bertz CT molecular complexity index is 286. The number of hydrogen-bond acceptors (Lipinski definition) is 3. The first-order valence-electron chi connectivity index (χ1n) is 4.80. The number of hydrogen-bond donors (Lipinski definition) is 0. The largest absolute Gasteiger partial charge is 0.212 e. The van der Waals surface area contributed by atoms with Crippen LogP contribution in [0, 0.1) is 0 Å². The summed E-state index contributed by atoms with van der Waals surface area (Å²) in [5.74, 6) is 2.01. The molecule has 0 aromatic rings. The van der Waals surface area contributed by atoms with Crippen LogP contribution in [0.25, 0.3) is 0 Å². The van der Waals surface area contributed by atoms with E-state index in [1.165, 1.54) is 6.26 Å². The first kappa shape index (κ1) is 12.3. The van der Waals surface area contributed by atoms with Crippen molar-refractivity contribution in [3.05, 3.63) is 0 Å². The van der Waals surface area contributed by atoms with Crippen molar-refractivity contribution in [2.75, 3.05) is 17.8 Å². The summed E-state index contributed by atoms with van der Waals surface area (Å²) in [6, 6.07) is 0.190. The van der Waals surface area contributed by atoms with E-state index in [1.807, 2.05) is 32.5 Å². The molecule has 0 N–H and O–H groups in total. The van der Waals surface area contributed by atoms with Crippen molar-refractivity contribution in [3.8, 4) is 0 Å². The zero-order valence-electron chi connectivity index (χ0n) is 9.28. The fourth-order valence-corrected chi connectivity index (χ4v) is 5.03. The van der Waals surface area contributed by atoms with Crippen molar-refractivity contribution in [2.24, 2.45) is 0 Å². The molecule has 0 aromatic heterocycles. The van der Waals surface area contributed by atoms with Gasteiger partial charge >= 0.3 is 0 Å². The Morgan fingerprint density at radius 1 is 1.36 bits per heavy atom. The van der Waals surface area contributed by atoms with Crippen molar-refractivity contribution < 1.29 is 8.42 Å². The Hall–Kier alpha value is 0.260. The minimum atomic E-state index is -3.09. The van der Waals surface area contributed by atoms with Gasteiger partial charge in [-0.15, -0.1) is 0 Å². The number of sulfonamides is 1. The van der Waals surface area contributed by atoms with Crippen LogP contribution in [0.15, 0.2) is 0 Å². The van der Waals surface area contributed by atoms with Gasteiger partial charge in [-0.2, -0.15) is 16.1 Å². The van der Waals surface area contributed by atoms with Gasteiger partial charge in [0.1, 0.15) is 0 Å². The Morgan fingerprint density at radius 3 is 2.21 bits per heavy atom. The third-order valence-corrected chi connectivity index (χ3v) is 4.96. The molecule has 0 amide bonds. The van der Waals surface area contributed by atoms with Crippen LogP contribution < -0.4 is 0 Å². The highest BCUT2D eigenvalue weighted by Gasteiger charge is 2.37. The zero-order chi connectivity index (χ0) is 11.0. The van der Waals surface area contributed by atoms with Crippen LogP contribution >= 0.6 is 11.8 Å². The molecule has 1 aliphatic rings. The Balaban J connectivity index is 2.93. The molecule has 1 heterocycles. The van der Waals surface area contributed by atoms with E-state index in [9.17, 15) is 8.42 Å². The zero-order valence-corrected chi connectivity index (χ0v) is 10.9. The molecular weight excluding hydrogens is 218 g/mol. The standard InChI is InChI=1S/C9H19NO2S2/c1-9(2,3)10(14(4,11)12)8-5-6-13-7-8/h8H,5-7H2,1-4H3/t8-/m1/s1. The van der Waals surface area contributed by atoms with Crippen molar-refractivity contribution in [1.82, 2.24) is 4.31 Å². The van der Waals surface area contributed by atoms with Crippen LogP contribution in [0.2, 0.25) is 0 Å². The maximum atomic E-state index is 11.7. The quantitative estimate of drug-likeness (QED) is 0.731. The summed E-state index contributed by atoms with van der Waals surface area (Å²) < 4.78 is 25.0. The van der Waals surface area contributed by atoms with Gasteiger partial charge in [-0.05, 0) is 32.9 Å². The minimum absolute atomic E-state index is 0.190. The minimum Gasteiger partial charge on any atom is -0.212 e. The van der Waals surface area contributed by atoms with Gasteiger partial charge in [0.05, 0.1) is 6.26 Å². The molecule has 0 saturated carbocycles. The average molecular weight is 237 g/mol. The first-order chi connectivity index (χ1) is 6.23. The van der Waals surface area contributed by atoms with E-state index in [4.69, 9.17) is 0 Å². The second-order valence-corrected chi connectivity index (χ2v) is 7.76. The van der Waals surface area contributed by atoms with E-state index < -0.39 is 10.0 Å². The lowest BCUT2D eigenvalue weighted by atomic mass is 10.1. The van der Waals surface area contributed by atoms with E-state index in [1.54, 1.807) is 4.31 Å². The maximum Gasteiger partial charge on any atom is 0.211 e. The fourth-order valence-electron chi connectivity index (χ4n) is 2.02. The van der Waals surface area contributed by atoms with Gasteiger partial charge in [-0.3, -0.25) is 0 Å². The summed E-state index contributed by atoms with van der Waals surface area (Å²) in [6.07, 6.45) is 2.29. The van der Waals surface area contributed by atoms with Crippen LogP contribution in [0.3, 0.4) is 0 Å². The predicted octanol–water partition coefficient (Wildman–Crippen LogP) is 1.55. The summed E-state index contributed by atoms with van der Waals surface area (Å²) in [4.78, 5) is 0. The van der Waals surface area contributed by atoms with Crippen LogP contribution in [0.1, 0.15) is 27.2 Å². The topological polar surface area (TPSA) is 37.4 Å². The van der Waals surface area contributed by atoms with Gasteiger partial charge in [0.15, 0.2) is 0 Å². The smallest absolute Gasteiger partial charge is 0.211 e. The molecule has 0 radical (unpaired) electrons. The van der Waals surface area contributed by atoms with Crippen molar-refractivity contribution in [1.29, 1.82) is 0 Å². The molecule has 1 aliphatic heterocycles. The molecule has 0 spiro atoms. The Kier molecular flexibility index (Phi) is 3.54. The molecule has 1 saturated heterocycles. The average Bonchev–Trinajstić information content (AvgIpc) is 2.31. The normalized spacial score (nSPS) is 24.5. The van der Waals surface area contributed by atoms with Crippen LogP contribution in [-0.2, 0) is 10.0 Å². The van der Waals surface area contributed by atoms with Crippen LogP contribution in [0.5, 0.6) is 0 Å². The highest BCUT2D eigenvalue weighted by Crippen LogP contribution is 2.29. The third kappa shape index (κ3) is 2.87. The van der Waals surface area contributed by atoms with Crippen molar-refractivity contribution in [2.45, 2.75) is 38.8 Å². The summed E-state index contributed by atoms with van der Waals surface area (Å²) >= 11 is 1.84. The van der Waals surface area contributed by atoms with Gasteiger partial charge in [0.2, 0.25) is 10.0 Å². The Morgan fingerprint density at radius 2 is 1.93 bits per heavy atom. The van der Waals surface area contributed by atoms with E-state index in [-0.39, 0.29) is 11.6 Å². The lowest BCUT2D eigenvalue weighted by Gasteiger charge is -2.37. The molecule has 84 valence electrons. The molecule has 1 fully saturated rings. The summed E-state index contributed by atoms with van der Waals surface area (Å²) in [5.41, 5.74) is -0.302. The molecule has 5 heteroatoms. The van der Waals surface area contributed by atoms with Crippen molar-refractivity contribution >= 4 is 21.8 Å². The molecule has 0 bridgehead atoms. The number of rotatable bonds is 2. The lowest BCUT2D eigenvalue weighted by molar-refractivity contribution is 0.204. The maximum absolute atomic E-state index is 11.7.